The first-order valence-corrected chi connectivity index (χ1v) is 5.91. The molecule has 0 bridgehead atoms. The number of aromatic nitrogens is 3. The van der Waals surface area contributed by atoms with Crippen molar-refractivity contribution < 1.29 is 4.79 Å². The summed E-state index contributed by atoms with van der Waals surface area (Å²) in [5, 5.41) is 7.27. The third kappa shape index (κ3) is 2.87. The molecule has 1 N–H and O–H groups in total. The molecule has 0 aromatic carbocycles. The van der Waals surface area contributed by atoms with E-state index in [1.54, 1.807) is 23.1 Å². The molecule has 0 saturated heterocycles. The maximum absolute atomic E-state index is 11.8. The first-order chi connectivity index (χ1) is 8.68. The summed E-state index contributed by atoms with van der Waals surface area (Å²) < 4.78 is 1.78. The Morgan fingerprint density at radius 3 is 2.94 bits per heavy atom. The molecule has 0 unspecified atom stereocenters. The van der Waals surface area contributed by atoms with E-state index in [4.69, 9.17) is 11.6 Å². The predicted octanol–water partition coefficient (Wildman–Crippen LogP) is 1.44. The second-order valence-corrected chi connectivity index (χ2v) is 4.21. The van der Waals surface area contributed by atoms with Gasteiger partial charge < -0.3 is 5.32 Å². The molecule has 2 heterocycles. The van der Waals surface area contributed by atoms with Gasteiger partial charge in [-0.05, 0) is 12.1 Å². The summed E-state index contributed by atoms with van der Waals surface area (Å²) in [6, 6.07) is 3.51. The van der Waals surface area contributed by atoms with Gasteiger partial charge >= 0.3 is 0 Å². The van der Waals surface area contributed by atoms with Crippen LogP contribution in [0.5, 0.6) is 0 Å². The number of hydrogen-bond donors (Lipinski definition) is 1. The number of rotatable bonds is 4. The Morgan fingerprint density at radius 2 is 2.28 bits per heavy atom. The van der Waals surface area contributed by atoms with Crippen molar-refractivity contribution in [3.8, 4) is 0 Å². The van der Waals surface area contributed by atoms with E-state index < -0.39 is 0 Å². The molecular weight excluding hydrogens is 252 g/mol. The first kappa shape index (κ1) is 12.6. The second kappa shape index (κ2) is 5.64. The summed E-state index contributed by atoms with van der Waals surface area (Å²) >= 11 is 5.91. The van der Waals surface area contributed by atoms with Crippen molar-refractivity contribution in [2.75, 3.05) is 6.54 Å². The van der Waals surface area contributed by atoms with E-state index in [9.17, 15) is 4.79 Å². The molecule has 1 amide bonds. The highest BCUT2D eigenvalue weighted by molar-refractivity contribution is 6.33. The van der Waals surface area contributed by atoms with Crippen molar-refractivity contribution in [1.82, 2.24) is 20.1 Å². The van der Waals surface area contributed by atoms with Crippen molar-refractivity contribution in [3.63, 3.8) is 0 Å². The fourth-order valence-corrected chi connectivity index (χ4v) is 1.78. The zero-order chi connectivity index (χ0) is 13.0. The molecule has 2 rings (SSSR count). The molecular formula is C12H13ClN4O. The van der Waals surface area contributed by atoms with Crippen LogP contribution in [0.25, 0.3) is 0 Å². The van der Waals surface area contributed by atoms with Gasteiger partial charge in [0.2, 0.25) is 0 Å². The normalized spacial score (nSPS) is 10.3. The Hall–Kier alpha value is -1.88. The molecule has 0 aliphatic rings. The Morgan fingerprint density at radius 1 is 1.44 bits per heavy atom. The summed E-state index contributed by atoms with van der Waals surface area (Å²) in [6.45, 7) is 0.531. The predicted molar refractivity (Wildman–Crippen MR) is 68.5 cm³/mol. The van der Waals surface area contributed by atoms with E-state index >= 15 is 0 Å². The lowest BCUT2D eigenvalue weighted by Crippen LogP contribution is -2.26. The average molecular weight is 265 g/mol. The van der Waals surface area contributed by atoms with Crippen LogP contribution in [0.3, 0.4) is 0 Å². The number of aryl methyl sites for hydroxylation is 1. The molecule has 0 aliphatic carbocycles. The quantitative estimate of drug-likeness (QED) is 0.909. The number of carbonyl (C=O) groups is 1. The van der Waals surface area contributed by atoms with Crippen LogP contribution in [0.2, 0.25) is 5.02 Å². The average Bonchev–Trinajstić information content (AvgIpc) is 2.75. The van der Waals surface area contributed by atoms with Gasteiger partial charge in [-0.2, -0.15) is 5.10 Å². The van der Waals surface area contributed by atoms with E-state index in [-0.39, 0.29) is 5.91 Å². The summed E-state index contributed by atoms with van der Waals surface area (Å²) in [6.07, 6.45) is 5.46. The zero-order valence-electron chi connectivity index (χ0n) is 9.93. The SMILES string of the molecule is Cn1nccc1CCNC(=O)c1cnccc1Cl. The summed E-state index contributed by atoms with van der Waals surface area (Å²) in [5.74, 6) is -0.213. The number of pyridine rings is 1. The second-order valence-electron chi connectivity index (χ2n) is 3.81. The van der Waals surface area contributed by atoms with Gasteiger partial charge in [0, 0.05) is 44.3 Å². The minimum atomic E-state index is -0.213. The van der Waals surface area contributed by atoms with Gasteiger partial charge in [0.1, 0.15) is 0 Å². The molecule has 2 aromatic rings. The number of nitrogens with one attached hydrogen (secondary N) is 1. The number of halogens is 1. The third-order valence-corrected chi connectivity index (χ3v) is 2.93. The molecule has 6 heteroatoms. The van der Waals surface area contributed by atoms with Gasteiger partial charge in [-0.25, -0.2) is 0 Å². The lowest BCUT2D eigenvalue weighted by molar-refractivity contribution is 0.0953. The van der Waals surface area contributed by atoms with Crippen molar-refractivity contribution in [2.45, 2.75) is 6.42 Å². The van der Waals surface area contributed by atoms with Gasteiger partial charge in [0.05, 0.1) is 10.6 Å². The Balaban J connectivity index is 1.90. The van der Waals surface area contributed by atoms with Crippen LogP contribution in [0.1, 0.15) is 16.1 Å². The van der Waals surface area contributed by atoms with Crippen LogP contribution in [0.4, 0.5) is 0 Å². The molecule has 0 atom stereocenters. The van der Waals surface area contributed by atoms with Crippen molar-refractivity contribution in [3.05, 3.63) is 47.0 Å². The lowest BCUT2D eigenvalue weighted by Gasteiger charge is -2.06. The van der Waals surface area contributed by atoms with Crippen LogP contribution in [0.15, 0.2) is 30.7 Å². The molecule has 0 radical (unpaired) electrons. The van der Waals surface area contributed by atoms with Crippen LogP contribution >= 0.6 is 11.6 Å². The highest BCUT2D eigenvalue weighted by atomic mass is 35.5. The molecule has 5 nitrogen and oxygen atoms in total. The number of carbonyl (C=O) groups excluding carboxylic acids is 1. The van der Waals surface area contributed by atoms with Crippen LogP contribution in [0, 0.1) is 0 Å². The molecule has 0 aliphatic heterocycles. The third-order valence-electron chi connectivity index (χ3n) is 2.60. The van der Waals surface area contributed by atoms with Gasteiger partial charge in [0.15, 0.2) is 0 Å². The van der Waals surface area contributed by atoms with Gasteiger partial charge in [-0.3, -0.25) is 14.5 Å². The smallest absolute Gasteiger partial charge is 0.254 e. The lowest BCUT2D eigenvalue weighted by atomic mass is 10.2. The number of amides is 1. The van der Waals surface area contributed by atoms with Gasteiger partial charge in [0.25, 0.3) is 5.91 Å². The topological polar surface area (TPSA) is 59.8 Å². The van der Waals surface area contributed by atoms with Crippen LogP contribution < -0.4 is 5.32 Å². The van der Waals surface area contributed by atoms with E-state index in [2.05, 4.69) is 15.4 Å². The number of hydrogen-bond acceptors (Lipinski definition) is 3. The molecule has 2 aromatic heterocycles. The molecule has 0 fully saturated rings. The minimum absolute atomic E-state index is 0.213. The summed E-state index contributed by atoms with van der Waals surface area (Å²) in [5.41, 5.74) is 1.46. The Bertz CT molecular complexity index is 553. The van der Waals surface area contributed by atoms with Crippen molar-refractivity contribution in [2.24, 2.45) is 7.05 Å². The molecule has 18 heavy (non-hydrogen) atoms. The van der Waals surface area contributed by atoms with Gasteiger partial charge in [-0.1, -0.05) is 11.6 Å². The minimum Gasteiger partial charge on any atom is -0.352 e. The zero-order valence-corrected chi connectivity index (χ0v) is 10.7. The standard InChI is InChI=1S/C12H13ClN4O/c1-17-9(3-7-16-17)2-6-15-12(18)10-8-14-5-4-11(10)13/h3-5,7-8H,2,6H2,1H3,(H,15,18). The monoisotopic (exact) mass is 264 g/mol. The van der Waals surface area contributed by atoms with E-state index in [0.717, 1.165) is 12.1 Å². The molecule has 0 spiro atoms. The van der Waals surface area contributed by atoms with Crippen molar-refractivity contribution >= 4 is 17.5 Å². The molecule has 94 valence electrons. The first-order valence-electron chi connectivity index (χ1n) is 5.53. The maximum atomic E-state index is 11.8. The Kier molecular flexibility index (Phi) is 3.94. The summed E-state index contributed by atoms with van der Waals surface area (Å²) in [7, 11) is 1.87. The highest BCUT2D eigenvalue weighted by Crippen LogP contribution is 2.12. The number of nitrogens with zero attached hydrogens (tertiary/aromatic N) is 3. The fraction of sp³-hybridized carbons (Fsp3) is 0.250. The fourth-order valence-electron chi connectivity index (χ4n) is 1.59. The largest absolute Gasteiger partial charge is 0.352 e. The van der Waals surface area contributed by atoms with Crippen molar-refractivity contribution in [1.29, 1.82) is 0 Å². The van der Waals surface area contributed by atoms with E-state index in [0.29, 0.717) is 17.1 Å². The van der Waals surface area contributed by atoms with Gasteiger partial charge in [-0.15, -0.1) is 0 Å². The van der Waals surface area contributed by atoms with Crippen LogP contribution in [-0.4, -0.2) is 27.2 Å². The summed E-state index contributed by atoms with van der Waals surface area (Å²) in [4.78, 5) is 15.7. The Labute approximate surface area is 110 Å². The van der Waals surface area contributed by atoms with E-state index in [1.807, 2.05) is 13.1 Å². The highest BCUT2D eigenvalue weighted by Gasteiger charge is 2.09. The maximum Gasteiger partial charge on any atom is 0.254 e. The van der Waals surface area contributed by atoms with Crippen LogP contribution in [-0.2, 0) is 13.5 Å². The van der Waals surface area contributed by atoms with E-state index in [1.165, 1.54) is 6.20 Å². The molecule has 0 saturated carbocycles.